The van der Waals surface area contributed by atoms with E-state index in [9.17, 15) is 9.18 Å². The first-order valence-electron chi connectivity index (χ1n) is 6.34. The maximum Gasteiger partial charge on any atom is 0.253 e. The molecule has 1 aliphatic carbocycles. The summed E-state index contributed by atoms with van der Waals surface area (Å²) in [6.45, 7) is 2.15. The Morgan fingerprint density at radius 1 is 1.39 bits per heavy atom. The molecule has 0 aromatic heterocycles. The second-order valence-corrected chi connectivity index (χ2v) is 5.37. The fraction of sp³-hybridized carbons (Fsp3) is 0.500. The van der Waals surface area contributed by atoms with Crippen LogP contribution in [0.15, 0.2) is 18.2 Å². The normalized spacial score (nSPS) is 23.7. The summed E-state index contributed by atoms with van der Waals surface area (Å²) in [7, 11) is 0. The van der Waals surface area contributed by atoms with Crippen molar-refractivity contribution in [1.29, 1.82) is 0 Å². The van der Waals surface area contributed by atoms with E-state index in [0.29, 0.717) is 11.5 Å². The van der Waals surface area contributed by atoms with Gasteiger partial charge in [0, 0.05) is 6.04 Å². The van der Waals surface area contributed by atoms with Crippen molar-refractivity contribution in [2.45, 2.75) is 38.6 Å². The third-order valence-electron chi connectivity index (χ3n) is 3.60. The fourth-order valence-electron chi connectivity index (χ4n) is 2.45. The van der Waals surface area contributed by atoms with E-state index < -0.39 is 5.82 Å². The lowest BCUT2D eigenvalue weighted by atomic mass is 9.86. The van der Waals surface area contributed by atoms with Gasteiger partial charge >= 0.3 is 0 Å². The molecule has 0 radical (unpaired) electrons. The van der Waals surface area contributed by atoms with Gasteiger partial charge in [-0.25, -0.2) is 4.39 Å². The van der Waals surface area contributed by atoms with Gasteiger partial charge in [0.1, 0.15) is 5.82 Å². The molecule has 1 aromatic carbocycles. The average molecular weight is 270 g/mol. The van der Waals surface area contributed by atoms with Gasteiger partial charge in [-0.1, -0.05) is 31.4 Å². The predicted molar refractivity (Wildman–Crippen MR) is 70.3 cm³/mol. The van der Waals surface area contributed by atoms with Crippen LogP contribution in [-0.4, -0.2) is 11.9 Å². The van der Waals surface area contributed by atoms with Gasteiger partial charge in [0.25, 0.3) is 5.91 Å². The van der Waals surface area contributed by atoms with Gasteiger partial charge in [-0.3, -0.25) is 4.79 Å². The van der Waals surface area contributed by atoms with Crippen molar-refractivity contribution >= 4 is 17.5 Å². The predicted octanol–water partition coefficient (Wildman–Crippen LogP) is 3.79. The smallest absolute Gasteiger partial charge is 0.253 e. The molecule has 0 saturated heterocycles. The number of rotatable bonds is 2. The highest BCUT2D eigenvalue weighted by molar-refractivity contribution is 6.33. The van der Waals surface area contributed by atoms with Crippen molar-refractivity contribution < 1.29 is 9.18 Å². The third-order valence-corrected chi connectivity index (χ3v) is 3.92. The highest BCUT2D eigenvalue weighted by Crippen LogP contribution is 2.25. The molecule has 2 unspecified atom stereocenters. The summed E-state index contributed by atoms with van der Waals surface area (Å²) in [5.41, 5.74) is 0.343. The average Bonchev–Trinajstić information content (AvgIpc) is 2.32. The molecule has 0 heterocycles. The number of amides is 1. The number of hydrogen-bond donors (Lipinski definition) is 1. The molecule has 1 saturated carbocycles. The summed E-state index contributed by atoms with van der Waals surface area (Å²) in [5, 5.41) is 3.16. The van der Waals surface area contributed by atoms with Gasteiger partial charge in [0.05, 0.1) is 10.6 Å². The van der Waals surface area contributed by atoms with Crippen LogP contribution in [0.1, 0.15) is 43.0 Å². The van der Waals surface area contributed by atoms with E-state index in [1.165, 1.54) is 24.6 Å². The van der Waals surface area contributed by atoms with Crippen LogP contribution < -0.4 is 5.32 Å². The van der Waals surface area contributed by atoms with Crippen molar-refractivity contribution in [2.75, 3.05) is 0 Å². The molecular formula is C14H17ClFNO. The molecule has 1 fully saturated rings. The van der Waals surface area contributed by atoms with Crippen LogP contribution in [-0.2, 0) is 0 Å². The Balaban J connectivity index is 2.07. The second-order valence-electron chi connectivity index (χ2n) is 4.97. The molecule has 4 heteroatoms. The molecule has 2 nitrogen and oxygen atoms in total. The largest absolute Gasteiger partial charge is 0.349 e. The van der Waals surface area contributed by atoms with Crippen molar-refractivity contribution in [1.82, 2.24) is 5.32 Å². The van der Waals surface area contributed by atoms with Gasteiger partial charge in [-0.05, 0) is 37.0 Å². The second kappa shape index (κ2) is 5.70. The summed E-state index contributed by atoms with van der Waals surface area (Å²) in [6, 6.07) is 4.05. The fourth-order valence-corrected chi connectivity index (χ4v) is 2.70. The van der Waals surface area contributed by atoms with Gasteiger partial charge in [-0.2, -0.15) is 0 Å². The van der Waals surface area contributed by atoms with Crippen LogP contribution in [0.2, 0.25) is 5.02 Å². The Hall–Kier alpha value is -1.09. The molecule has 1 aromatic rings. The van der Waals surface area contributed by atoms with E-state index in [4.69, 9.17) is 11.6 Å². The van der Waals surface area contributed by atoms with E-state index in [1.807, 2.05) is 0 Å². The Bertz CT molecular complexity index is 449. The van der Waals surface area contributed by atoms with E-state index >= 15 is 0 Å². The number of carbonyl (C=O) groups excluding carboxylic acids is 1. The topological polar surface area (TPSA) is 29.1 Å². The van der Waals surface area contributed by atoms with E-state index in [0.717, 1.165) is 19.3 Å². The highest BCUT2D eigenvalue weighted by atomic mass is 35.5. The number of hydrogen-bond acceptors (Lipinski definition) is 1. The minimum atomic E-state index is -0.428. The molecule has 0 bridgehead atoms. The quantitative estimate of drug-likeness (QED) is 0.870. The third kappa shape index (κ3) is 3.02. The Kier molecular flexibility index (Phi) is 4.23. The van der Waals surface area contributed by atoms with Crippen molar-refractivity contribution in [3.05, 3.63) is 34.6 Å². The summed E-state index contributed by atoms with van der Waals surface area (Å²) in [6.07, 6.45) is 4.52. The summed E-state index contributed by atoms with van der Waals surface area (Å²) >= 11 is 5.88. The van der Waals surface area contributed by atoms with Crippen molar-refractivity contribution in [3.63, 3.8) is 0 Å². The lowest BCUT2D eigenvalue weighted by Crippen LogP contribution is -2.41. The minimum absolute atomic E-state index is 0.163. The molecule has 2 atom stereocenters. The van der Waals surface area contributed by atoms with Crippen LogP contribution >= 0.6 is 11.6 Å². The van der Waals surface area contributed by atoms with E-state index in [1.54, 1.807) is 0 Å². The Labute approximate surface area is 112 Å². The SMILES string of the molecule is CC1CCCCC1NC(=O)c1ccc(F)cc1Cl. The zero-order chi connectivity index (χ0) is 13.1. The van der Waals surface area contributed by atoms with Gasteiger partial charge in [0.2, 0.25) is 0 Å². The first-order valence-corrected chi connectivity index (χ1v) is 6.71. The number of benzene rings is 1. The van der Waals surface area contributed by atoms with Crippen LogP contribution in [0.4, 0.5) is 4.39 Å². The first kappa shape index (κ1) is 13.3. The molecule has 0 aliphatic heterocycles. The maximum atomic E-state index is 12.9. The monoisotopic (exact) mass is 269 g/mol. The first-order chi connectivity index (χ1) is 8.58. The molecule has 18 heavy (non-hydrogen) atoms. The van der Waals surface area contributed by atoms with Crippen LogP contribution in [0.25, 0.3) is 0 Å². The molecule has 1 amide bonds. The maximum absolute atomic E-state index is 12.9. The van der Waals surface area contributed by atoms with E-state index in [-0.39, 0.29) is 17.0 Å². The Morgan fingerprint density at radius 3 is 2.78 bits per heavy atom. The van der Waals surface area contributed by atoms with Crippen LogP contribution in [0.3, 0.4) is 0 Å². The van der Waals surface area contributed by atoms with Gasteiger partial charge in [-0.15, -0.1) is 0 Å². The van der Waals surface area contributed by atoms with Gasteiger partial charge < -0.3 is 5.32 Å². The molecule has 0 spiro atoms. The Morgan fingerprint density at radius 2 is 2.11 bits per heavy atom. The lowest BCUT2D eigenvalue weighted by molar-refractivity contribution is 0.0910. The highest BCUT2D eigenvalue weighted by Gasteiger charge is 2.23. The van der Waals surface area contributed by atoms with Crippen molar-refractivity contribution in [3.8, 4) is 0 Å². The molecule has 98 valence electrons. The standard InChI is InChI=1S/C14H17ClFNO/c1-9-4-2-3-5-13(9)17-14(18)11-7-6-10(16)8-12(11)15/h6-9,13H,2-5H2,1H3,(H,17,18). The van der Waals surface area contributed by atoms with E-state index in [2.05, 4.69) is 12.2 Å². The lowest BCUT2D eigenvalue weighted by Gasteiger charge is -2.29. The summed E-state index contributed by atoms with van der Waals surface area (Å²) < 4.78 is 12.9. The molecule has 1 aliphatic rings. The van der Waals surface area contributed by atoms with Crippen molar-refractivity contribution in [2.24, 2.45) is 5.92 Å². The minimum Gasteiger partial charge on any atom is -0.349 e. The van der Waals surface area contributed by atoms with Crippen LogP contribution in [0.5, 0.6) is 0 Å². The number of nitrogens with one attached hydrogen (secondary N) is 1. The summed E-state index contributed by atoms with van der Waals surface area (Å²) in [5.74, 6) is -0.150. The van der Waals surface area contributed by atoms with Gasteiger partial charge in [0.15, 0.2) is 0 Å². The summed E-state index contributed by atoms with van der Waals surface area (Å²) in [4.78, 5) is 12.1. The number of halogens is 2. The molecule has 2 rings (SSSR count). The molecular weight excluding hydrogens is 253 g/mol. The number of carbonyl (C=O) groups is 1. The zero-order valence-corrected chi connectivity index (χ0v) is 11.1. The zero-order valence-electron chi connectivity index (χ0n) is 10.4. The van der Waals surface area contributed by atoms with Crippen LogP contribution in [0, 0.1) is 11.7 Å². The molecule has 1 N–H and O–H groups in total.